The van der Waals surface area contributed by atoms with E-state index in [1.807, 2.05) is 0 Å². The van der Waals surface area contributed by atoms with E-state index in [1.54, 1.807) is 6.92 Å². The molecule has 0 radical (unpaired) electrons. The predicted octanol–water partition coefficient (Wildman–Crippen LogP) is 0.559. The van der Waals surface area contributed by atoms with Crippen molar-refractivity contribution in [3.63, 3.8) is 0 Å². The first-order valence-electron chi connectivity index (χ1n) is 5.19. The van der Waals surface area contributed by atoms with Crippen LogP contribution in [0, 0.1) is 0 Å². The Morgan fingerprint density at radius 3 is 2.50 bits per heavy atom. The van der Waals surface area contributed by atoms with Gasteiger partial charge in [-0.05, 0) is 6.42 Å². The molecule has 0 bridgehead atoms. The molecule has 0 aromatic carbocycles. The summed E-state index contributed by atoms with van der Waals surface area (Å²) >= 11 is 3.17. The Bertz CT molecular complexity index is 306. The fourth-order valence-electron chi connectivity index (χ4n) is 1.22. The van der Waals surface area contributed by atoms with Gasteiger partial charge in [-0.25, -0.2) is 12.7 Å². The normalized spacial score (nSPS) is 11.8. The fourth-order valence-corrected chi connectivity index (χ4v) is 2.51. The molecule has 0 heterocycles. The summed E-state index contributed by atoms with van der Waals surface area (Å²) in [5.41, 5.74) is 0. The molecule has 0 aromatic heterocycles. The molecule has 5 nitrogen and oxygen atoms in total. The molecule has 0 aliphatic heterocycles. The van der Waals surface area contributed by atoms with Gasteiger partial charge >= 0.3 is 0 Å². The van der Waals surface area contributed by atoms with Crippen molar-refractivity contribution in [2.75, 3.05) is 31.2 Å². The van der Waals surface area contributed by atoms with Crippen LogP contribution in [0.4, 0.5) is 0 Å². The van der Waals surface area contributed by atoms with Crippen molar-refractivity contribution in [3.05, 3.63) is 0 Å². The molecular formula is C9H19BrN2O3S. The van der Waals surface area contributed by atoms with Crippen molar-refractivity contribution in [1.29, 1.82) is 0 Å². The average molecular weight is 315 g/mol. The summed E-state index contributed by atoms with van der Waals surface area (Å²) in [6.07, 6.45) is 2.28. The van der Waals surface area contributed by atoms with Crippen LogP contribution in [0.1, 0.15) is 19.8 Å². The van der Waals surface area contributed by atoms with Gasteiger partial charge in [0.05, 0.1) is 6.26 Å². The Kier molecular flexibility index (Phi) is 7.96. The first kappa shape index (κ1) is 15.9. The number of sulfonamides is 1. The number of halogens is 1. The van der Waals surface area contributed by atoms with Gasteiger partial charge in [0.1, 0.15) is 0 Å². The third-order valence-electron chi connectivity index (χ3n) is 2.05. The molecule has 0 rings (SSSR count). The summed E-state index contributed by atoms with van der Waals surface area (Å²) in [6, 6.07) is 0. The fraction of sp³-hybridized carbons (Fsp3) is 0.889. The van der Waals surface area contributed by atoms with Crippen molar-refractivity contribution in [2.45, 2.75) is 19.8 Å². The number of nitrogens with zero attached hydrogens (tertiary/aromatic N) is 1. The van der Waals surface area contributed by atoms with E-state index >= 15 is 0 Å². The van der Waals surface area contributed by atoms with Crippen molar-refractivity contribution in [2.24, 2.45) is 0 Å². The van der Waals surface area contributed by atoms with Gasteiger partial charge in [-0.15, -0.1) is 0 Å². The summed E-state index contributed by atoms with van der Waals surface area (Å²) in [5, 5.41) is 3.37. The minimum Gasteiger partial charge on any atom is -0.356 e. The molecule has 0 aliphatic carbocycles. The van der Waals surface area contributed by atoms with Crippen LogP contribution in [0.25, 0.3) is 0 Å². The zero-order valence-electron chi connectivity index (χ0n) is 9.70. The molecule has 96 valence electrons. The summed E-state index contributed by atoms with van der Waals surface area (Å²) in [4.78, 5) is 11.1. The number of alkyl halides is 1. The number of carbonyl (C=O) groups is 1. The lowest BCUT2D eigenvalue weighted by molar-refractivity contribution is -0.120. The molecule has 0 saturated heterocycles. The molecule has 0 aromatic rings. The van der Waals surface area contributed by atoms with E-state index in [2.05, 4.69) is 21.2 Å². The van der Waals surface area contributed by atoms with E-state index in [-0.39, 0.29) is 5.91 Å². The minimum atomic E-state index is -3.11. The number of hydrogen-bond donors (Lipinski definition) is 1. The largest absolute Gasteiger partial charge is 0.356 e. The Morgan fingerprint density at radius 1 is 1.44 bits per heavy atom. The Morgan fingerprint density at radius 2 is 2.06 bits per heavy atom. The first-order valence-corrected chi connectivity index (χ1v) is 8.16. The Labute approximate surface area is 106 Å². The van der Waals surface area contributed by atoms with Gasteiger partial charge in [-0.3, -0.25) is 4.79 Å². The van der Waals surface area contributed by atoms with Gasteiger partial charge < -0.3 is 5.32 Å². The molecule has 0 aliphatic rings. The maximum absolute atomic E-state index is 11.2. The highest BCUT2D eigenvalue weighted by molar-refractivity contribution is 9.09. The van der Waals surface area contributed by atoms with Gasteiger partial charge in [0.2, 0.25) is 15.9 Å². The third kappa shape index (κ3) is 7.19. The lowest BCUT2D eigenvalue weighted by Gasteiger charge is -2.17. The van der Waals surface area contributed by atoms with Crippen LogP contribution in [0.5, 0.6) is 0 Å². The summed E-state index contributed by atoms with van der Waals surface area (Å²) < 4.78 is 23.8. The summed E-state index contributed by atoms with van der Waals surface area (Å²) in [6.45, 7) is 3.22. The number of rotatable bonds is 8. The summed E-state index contributed by atoms with van der Waals surface area (Å²) in [7, 11) is -3.11. The third-order valence-corrected chi connectivity index (χ3v) is 3.83. The molecule has 7 heteroatoms. The van der Waals surface area contributed by atoms with Crippen LogP contribution in [0.2, 0.25) is 0 Å². The second-order valence-electron chi connectivity index (χ2n) is 3.40. The Balaban J connectivity index is 3.77. The van der Waals surface area contributed by atoms with Crippen LogP contribution in [0.3, 0.4) is 0 Å². The average Bonchev–Trinajstić information content (AvgIpc) is 2.16. The van der Waals surface area contributed by atoms with E-state index in [0.29, 0.717) is 37.8 Å². The van der Waals surface area contributed by atoms with E-state index in [0.717, 1.165) is 0 Å². The van der Waals surface area contributed by atoms with Gasteiger partial charge in [-0.2, -0.15) is 0 Å². The summed E-state index contributed by atoms with van der Waals surface area (Å²) in [5.74, 6) is -0.0146. The lowest BCUT2D eigenvalue weighted by Crippen LogP contribution is -2.33. The lowest BCUT2D eigenvalue weighted by atomic mass is 10.4. The van der Waals surface area contributed by atoms with Crippen molar-refractivity contribution < 1.29 is 13.2 Å². The molecule has 0 saturated carbocycles. The van der Waals surface area contributed by atoms with Crippen molar-refractivity contribution in [3.8, 4) is 0 Å². The van der Waals surface area contributed by atoms with Crippen molar-refractivity contribution >= 4 is 31.9 Å². The monoisotopic (exact) mass is 314 g/mol. The molecular weight excluding hydrogens is 296 g/mol. The van der Waals surface area contributed by atoms with Crippen molar-refractivity contribution in [1.82, 2.24) is 9.62 Å². The molecule has 0 atom stereocenters. The molecule has 16 heavy (non-hydrogen) atoms. The molecule has 1 N–H and O–H groups in total. The van der Waals surface area contributed by atoms with Crippen LogP contribution < -0.4 is 5.32 Å². The molecule has 0 spiro atoms. The van der Waals surface area contributed by atoms with Crippen LogP contribution >= 0.6 is 15.9 Å². The van der Waals surface area contributed by atoms with Gasteiger partial charge in [0.15, 0.2) is 0 Å². The van der Waals surface area contributed by atoms with Gasteiger partial charge in [0.25, 0.3) is 0 Å². The number of hydrogen-bond acceptors (Lipinski definition) is 3. The van der Waals surface area contributed by atoms with E-state index in [9.17, 15) is 13.2 Å². The van der Waals surface area contributed by atoms with Crippen LogP contribution in [0.15, 0.2) is 0 Å². The second-order valence-corrected chi connectivity index (χ2v) is 6.17. The predicted molar refractivity (Wildman–Crippen MR) is 68.1 cm³/mol. The topological polar surface area (TPSA) is 66.5 Å². The molecule has 1 amide bonds. The zero-order chi connectivity index (χ0) is 12.6. The maximum atomic E-state index is 11.2. The maximum Gasteiger partial charge on any atom is 0.220 e. The zero-order valence-corrected chi connectivity index (χ0v) is 12.1. The quantitative estimate of drug-likeness (QED) is 0.526. The Hall–Kier alpha value is -0.140. The number of carbonyl (C=O) groups excluding carboxylic acids is 1. The van der Waals surface area contributed by atoms with E-state index in [4.69, 9.17) is 0 Å². The second kappa shape index (κ2) is 8.03. The van der Waals surface area contributed by atoms with Gasteiger partial charge in [-0.1, -0.05) is 22.9 Å². The number of amides is 1. The highest BCUT2D eigenvalue weighted by Crippen LogP contribution is 1.98. The minimum absolute atomic E-state index is 0.0146. The SMILES string of the molecule is CCN(CCCNC(=O)CCBr)S(C)(=O)=O. The molecule has 0 fully saturated rings. The number of nitrogens with one attached hydrogen (secondary N) is 1. The van der Waals surface area contributed by atoms with Crippen LogP contribution in [-0.4, -0.2) is 49.9 Å². The van der Waals surface area contributed by atoms with E-state index in [1.165, 1.54) is 10.6 Å². The standard InChI is InChI=1S/C9H19BrN2O3S/c1-3-12(16(2,14)15)8-4-7-11-9(13)5-6-10/h3-8H2,1-2H3,(H,11,13). The molecule has 0 unspecified atom stereocenters. The van der Waals surface area contributed by atoms with Gasteiger partial charge in [0, 0.05) is 31.4 Å². The highest BCUT2D eigenvalue weighted by atomic mass is 79.9. The van der Waals surface area contributed by atoms with E-state index < -0.39 is 10.0 Å². The first-order chi connectivity index (χ1) is 7.41. The highest BCUT2D eigenvalue weighted by Gasteiger charge is 2.13. The van der Waals surface area contributed by atoms with Crippen LogP contribution in [-0.2, 0) is 14.8 Å². The smallest absolute Gasteiger partial charge is 0.220 e.